The van der Waals surface area contributed by atoms with Crippen molar-refractivity contribution in [3.63, 3.8) is 0 Å². The lowest BCUT2D eigenvalue weighted by Gasteiger charge is -2.20. The third-order valence-corrected chi connectivity index (χ3v) is 6.54. The van der Waals surface area contributed by atoms with Gasteiger partial charge in [-0.3, -0.25) is 4.79 Å². The number of rotatable bonds is 7. The Bertz CT molecular complexity index is 915. The van der Waals surface area contributed by atoms with Gasteiger partial charge in [-0.2, -0.15) is 4.72 Å². The number of nitrogens with one attached hydrogen (secondary N) is 2. The molecule has 8 heteroatoms. The lowest BCUT2D eigenvalue weighted by molar-refractivity contribution is -0.118. The van der Waals surface area contributed by atoms with Gasteiger partial charge in [0, 0.05) is 10.2 Å². The van der Waals surface area contributed by atoms with Crippen LogP contribution in [0.2, 0.25) is 5.02 Å². The maximum atomic E-state index is 12.7. The molecule has 2 rings (SSSR count). The topological polar surface area (TPSA) is 75.3 Å². The van der Waals surface area contributed by atoms with Crippen molar-refractivity contribution < 1.29 is 13.2 Å². The predicted molar refractivity (Wildman–Crippen MR) is 113 cm³/mol. The fraction of sp³-hybridized carbons (Fsp3) is 0.316. The van der Waals surface area contributed by atoms with Gasteiger partial charge in [0.15, 0.2) is 0 Å². The summed E-state index contributed by atoms with van der Waals surface area (Å²) in [6.07, 6.45) is 0.367. The van der Waals surface area contributed by atoms with Gasteiger partial charge in [0.2, 0.25) is 15.9 Å². The van der Waals surface area contributed by atoms with Crippen LogP contribution in [0.25, 0.3) is 0 Å². The standard InChI is InChI=1S/C19H22BrClN2O3S/c1-12(2)10-18(19(24)22-14-6-9-17(21)16(20)11-14)23-27(25,26)15-7-4-13(3)5-8-15/h4-9,11-12,18,23H,10H2,1-3H3,(H,22,24)/t18-/m0/s1. The van der Waals surface area contributed by atoms with Crippen LogP contribution in [0.3, 0.4) is 0 Å². The van der Waals surface area contributed by atoms with Crippen molar-refractivity contribution >= 4 is 49.1 Å². The summed E-state index contributed by atoms with van der Waals surface area (Å²) in [5.41, 5.74) is 1.48. The fourth-order valence-corrected chi connectivity index (χ4v) is 4.16. The van der Waals surface area contributed by atoms with Gasteiger partial charge in [-0.25, -0.2) is 8.42 Å². The molecule has 0 unspecified atom stereocenters. The fourth-order valence-electron chi connectivity index (χ4n) is 2.46. The zero-order valence-corrected chi connectivity index (χ0v) is 18.5. The average Bonchev–Trinajstić information content (AvgIpc) is 2.57. The molecule has 0 aromatic heterocycles. The van der Waals surface area contributed by atoms with Gasteiger partial charge in [-0.1, -0.05) is 43.1 Å². The number of aryl methyl sites for hydroxylation is 1. The zero-order valence-electron chi connectivity index (χ0n) is 15.3. The molecular weight excluding hydrogens is 452 g/mol. The highest BCUT2D eigenvalue weighted by molar-refractivity contribution is 9.10. The minimum atomic E-state index is -3.82. The highest BCUT2D eigenvalue weighted by Crippen LogP contribution is 2.26. The van der Waals surface area contributed by atoms with Crippen molar-refractivity contribution in [2.45, 2.75) is 38.1 Å². The van der Waals surface area contributed by atoms with Crippen LogP contribution in [0, 0.1) is 12.8 Å². The molecule has 2 N–H and O–H groups in total. The molecule has 0 saturated heterocycles. The predicted octanol–water partition coefficient (Wildman–Crippen LogP) is 4.74. The maximum Gasteiger partial charge on any atom is 0.242 e. The van der Waals surface area contributed by atoms with Gasteiger partial charge in [-0.15, -0.1) is 0 Å². The molecule has 0 heterocycles. The van der Waals surface area contributed by atoms with E-state index in [-0.39, 0.29) is 10.8 Å². The third kappa shape index (κ3) is 6.31. The van der Waals surface area contributed by atoms with Crippen molar-refractivity contribution in [1.29, 1.82) is 0 Å². The van der Waals surface area contributed by atoms with Crippen LogP contribution in [0.5, 0.6) is 0 Å². The molecule has 0 aliphatic heterocycles. The zero-order chi connectivity index (χ0) is 20.2. The first-order valence-electron chi connectivity index (χ1n) is 8.43. The lowest BCUT2D eigenvalue weighted by Crippen LogP contribution is -2.44. The summed E-state index contributed by atoms with van der Waals surface area (Å²) in [6, 6.07) is 10.6. The van der Waals surface area contributed by atoms with E-state index in [1.807, 2.05) is 20.8 Å². The number of carbonyl (C=O) groups is 1. The summed E-state index contributed by atoms with van der Waals surface area (Å²) in [4.78, 5) is 12.8. The van der Waals surface area contributed by atoms with Crippen LogP contribution in [0.4, 0.5) is 5.69 Å². The van der Waals surface area contributed by atoms with E-state index < -0.39 is 22.0 Å². The van der Waals surface area contributed by atoms with E-state index in [1.54, 1.807) is 30.3 Å². The molecule has 2 aromatic carbocycles. The number of sulfonamides is 1. The maximum absolute atomic E-state index is 12.7. The van der Waals surface area contributed by atoms with E-state index in [1.165, 1.54) is 12.1 Å². The highest BCUT2D eigenvalue weighted by Gasteiger charge is 2.26. The molecule has 2 aromatic rings. The molecule has 27 heavy (non-hydrogen) atoms. The van der Waals surface area contributed by atoms with E-state index in [9.17, 15) is 13.2 Å². The Morgan fingerprint density at radius 2 is 1.78 bits per heavy atom. The molecule has 0 saturated carbocycles. The van der Waals surface area contributed by atoms with E-state index in [0.717, 1.165) is 5.56 Å². The summed E-state index contributed by atoms with van der Waals surface area (Å²) in [5, 5.41) is 3.26. The molecule has 146 valence electrons. The van der Waals surface area contributed by atoms with Crippen LogP contribution < -0.4 is 10.0 Å². The Hall–Kier alpha value is -1.41. The molecule has 1 amide bonds. The van der Waals surface area contributed by atoms with E-state index in [4.69, 9.17) is 11.6 Å². The number of hydrogen-bond acceptors (Lipinski definition) is 3. The molecular formula is C19H22BrClN2O3S. The van der Waals surface area contributed by atoms with Crippen molar-refractivity contribution in [2.24, 2.45) is 5.92 Å². The smallest absolute Gasteiger partial charge is 0.242 e. The van der Waals surface area contributed by atoms with Crippen molar-refractivity contribution in [2.75, 3.05) is 5.32 Å². The quantitative estimate of drug-likeness (QED) is 0.610. The molecule has 0 spiro atoms. The molecule has 1 atom stereocenters. The van der Waals surface area contributed by atoms with Gasteiger partial charge in [-0.05, 0) is 65.5 Å². The van der Waals surface area contributed by atoms with Gasteiger partial charge in [0.25, 0.3) is 0 Å². The summed E-state index contributed by atoms with van der Waals surface area (Å²) in [5.74, 6) is -0.299. The number of anilines is 1. The van der Waals surface area contributed by atoms with Crippen LogP contribution in [0.15, 0.2) is 51.8 Å². The summed E-state index contributed by atoms with van der Waals surface area (Å²) in [7, 11) is -3.82. The molecule has 0 fully saturated rings. The van der Waals surface area contributed by atoms with E-state index in [0.29, 0.717) is 21.6 Å². The normalized spacial score (nSPS) is 12.8. The Labute approximate surface area is 173 Å². The number of carbonyl (C=O) groups excluding carboxylic acids is 1. The van der Waals surface area contributed by atoms with E-state index in [2.05, 4.69) is 26.0 Å². The van der Waals surface area contributed by atoms with Gasteiger partial charge in [0.1, 0.15) is 6.04 Å². The van der Waals surface area contributed by atoms with E-state index >= 15 is 0 Å². The molecule has 0 bridgehead atoms. The summed E-state index contributed by atoms with van der Waals surface area (Å²) >= 11 is 9.27. The van der Waals surface area contributed by atoms with Crippen LogP contribution in [-0.4, -0.2) is 20.4 Å². The number of hydrogen-bond donors (Lipinski definition) is 2. The second-order valence-electron chi connectivity index (χ2n) is 6.73. The van der Waals surface area contributed by atoms with Gasteiger partial charge in [0.05, 0.1) is 9.92 Å². The van der Waals surface area contributed by atoms with Crippen LogP contribution in [-0.2, 0) is 14.8 Å². The molecule has 0 aliphatic rings. The van der Waals surface area contributed by atoms with Crippen molar-refractivity contribution in [1.82, 2.24) is 4.72 Å². The Morgan fingerprint density at radius 3 is 2.33 bits per heavy atom. The van der Waals surface area contributed by atoms with Gasteiger partial charge < -0.3 is 5.32 Å². The first-order chi connectivity index (χ1) is 12.6. The van der Waals surface area contributed by atoms with Crippen molar-refractivity contribution in [3.05, 3.63) is 57.5 Å². The van der Waals surface area contributed by atoms with Crippen LogP contribution >= 0.6 is 27.5 Å². The average molecular weight is 474 g/mol. The second kappa shape index (κ2) is 9.19. The minimum Gasteiger partial charge on any atom is -0.325 e. The third-order valence-electron chi connectivity index (χ3n) is 3.84. The lowest BCUT2D eigenvalue weighted by atomic mass is 10.0. The SMILES string of the molecule is Cc1ccc(S(=O)(=O)N[C@@H](CC(C)C)C(=O)Nc2ccc(Cl)c(Br)c2)cc1. The molecule has 0 aliphatic carbocycles. The van der Waals surface area contributed by atoms with Crippen LogP contribution in [0.1, 0.15) is 25.8 Å². The number of amides is 1. The monoisotopic (exact) mass is 472 g/mol. The summed E-state index contributed by atoms with van der Waals surface area (Å²) in [6.45, 7) is 5.74. The molecule has 5 nitrogen and oxygen atoms in total. The minimum absolute atomic E-state index is 0.124. The Morgan fingerprint density at radius 1 is 1.15 bits per heavy atom. The first-order valence-corrected chi connectivity index (χ1v) is 11.1. The summed E-state index contributed by atoms with van der Waals surface area (Å²) < 4.78 is 28.5. The molecule has 0 radical (unpaired) electrons. The first kappa shape index (κ1) is 21.9. The Balaban J connectivity index is 2.21. The largest absolute Gasteiger partial charge is 0.325 e. The number of halogens is 2. The van der Waals surface area contributed by atoms with Crippen molar-refractivity contribution in [3.8, 4) is 0 Å². The highest BCUT2D eigenvalue weighted by atomic mass is 79.9. The van der Waals surface area contributed by atoms with Gasteiger partial charge >= 0.3 is 0 Å². The number of benzene rings is 2. The Kier molecular flexibility index (Phi) is 7.45. The second-order valence-corrected chi connectivity index (χ2v) is 9.71.